The van der Waals surface area contributed by atoms with Crippen LogP contribution in [0, 0.1) is 5.92 Å². The highest BCUT2D eigenvalue weighted by Crippen LogP contribution is 2.29. The normalized spacial score (nSPS) is 20.3. The maximum absolute atomic E-state index is 13.0. The highest BCUT2D eigenvalue weighted by Gasteiger charge is 2.29. The molecule has 1 fully saturated rings. The number of unbranched alkanes of at least 4 members (excludes halogenated alkanes) is 2. The fourth-order valence-corrected chi connectivity index (χ4v) is 5.04. The lowest BCUT2D eigenvalue weighted by molar-refractivity contribution is 0.0952. The maximum Gasteiger partial charge on any atom is 0.251 e. The van der Waals surface area contributed by atoms with Gasteiger partial charge in [-0.25, -0.2) is 13.1 Å². The Balaban J connectivity index is 2.19. The van der Waals surface area contributed by atoms with Crippen LogP contribution in [0.15, 0.2) is 23.1 Å². The Bertz CT molecular complexity index is 733. The van der Waals surface area contributed by atoms with Crippen LogP contribution in [-0.2, 0) is 10.0 Å². The first-order valence-corrected chi connectivity index (χ1v) is 11.4. The van der Waals surface area contributed by atoms with Crippen molar-refractivity contribution in [3.63, 3.8) is 0 Å². The molecule has 1 aliphatic rings. The minimum absolute atomic E-state index is 0.0176. The second-order valence-electron chi connectivity index (χ2n) is 7.32. The zero-order chi connectivity index (χ0) is 19.9. The molecule has 0 aromatic heterocycles. The van der Waals surface area contributed by atoms with E-state index in [1.165, 1.54) is 13.2 Å². The fraction of sp³-hybridized carbons (Fsp3) is 0.650. The van der Waals surface area contributed by atoms with Crippen LogP contribution >= 0.6 is 0 Å². The number of ether oxygens (including phenoxy) is 1. The van der Waals surface area contributed by atoms with Gasteiger partial charge in [-0.05, 0) is 43.4 Å². The van der Waals surface area contributed by atoms with E-state index in [0.717, 1.165) is 44.9 Å². The van der Waals surface area contributed by atoms with Gasteiger partial charge in [-0.2, -0.15) is 0 Å². The summed E-state index contributed by atoms with van der Waals surface area (Å²) in [6, 6.07) is 4.46. The van der Waals surface area contributed by atoms with Crippen LogP contribution in [0.5, 0.6) is 5.75 Å². The van der Waals surface area contributed by atoms with Gasteiger partial charge in [0, 0.05) is 18.2 Å². The molecule has 1 aromatic rings. The van der Waals surface area contributed by atoms with Gasteiger partial charge >= 0.3 is 0 Å². The first kappa shape index (κ1) is 21.7. The molecule has 1 aliphatic carbocycles. The molecule has 2 N–H and O–H groups in total. The number of hydrogen-bond donors (Lipinski definition) is 2. The van der Waals surface area contributed by atoms with E-state index in [9.17, 15) is 13.2 Å². The Labute approximate surface area is 163 Å². The van der Waals surface area contributed by atoms with Crippen molar-refractivity contribution in [1.29, 1.82) is 0 Å². The van der Waals surface area contributed by atoms with E-state index in [1.54, 1.807) is 12.1 Å². The Morgan fingerprint density at radius 1 is 1.22 bits per heavy atom. The van der Waals surface area contributed by atoms with Gasteiger partial charge in [-0.3, -0.25) is 4.79 Å². The van der Waals surface area contributed by atoms with Crippen molar-refractivity contribution < 1.29 is 17.9 Å². The van der Waals surface area contributed by atoms with Gasteiger partial charge in [-0.1, -0.05) is 39.5 Å². The molecule has 1 amide bonds. The number of rotatable bonds is 9. The summed E-state index contributed by atoms with van der Waals surface area (Å²) in [5.74, 6) is 0.273. The molecule has 0 heterocycles. The Morgan fingerprint density at radius 2 is 1.96 bits per heavy atom. The number of amides is 1. The van der Waals surface area contributed by atoms with Gasteiger partial charge in [0.1, 0.15) is 10.6 Å². The van der Waals surface area contributed by atoms with Crippen molar-refractivity contribution in [3.05, 3.63) is 23.8 Å². The fourth-order valence-electron chi connectivity index (χ4n) is 3.46. The third-order valence-electron chi connectivity index (χ3n) is 5.20. The summed E-state index contributed by atoms with van der Waals surface area (Å²) in [5, 5.41) is 2.84. The van der Waals surface area contributed by atoms with Crippen molar-refractivity contribution in [2.24, 2.45) is 5.92 Å². The number of carbonyl (C=O) groups excluding carboxylic acids is 1. The molecule has 0 saturated heterocycles. The van der Waals surface area contributed by atoms with E-state index >= 15 is 0 Å². The van der Waals surface area contributed by atoms with E-state index in [2.05, 4.69) is 23.9 Å². The molecule has 2 rings (SSSR count). The molecule has 1 aromatic carbocycles. The highest BCUT2D eigenvalue weighted by atomic mass is 32.2. The monoisotopic (exact) mass is 396 g/mol. The van der Waals surface area contributed by atoms with Crippen LogP contribution in [0.3, 0.4) is 0 Å². The van der Waals surface area contributed by atoms with E-state index in [4.69, 9.17) is 4.74 Å². The Morgan fingerprint density at radius 3 is 2.63 bits per heavy atom. The van der Waals surface area contributed by atoms with Gasteiger partial charge in [-0.15, -0.1) is 0 Å². The number of nitrogens with one attached hydrogen (secondary N) is 2. The van der Waals surface area contributed by atoms with Crippen LogP contribution in [0.25, 0.3) is 0 Å². The zero-order valence-corrected chi connectivity index (χ0v) is 17.4. The molecule has 0 radical (unpaired) electrons. The first-order valence-electron chi connectivity index (χ1n) is 9.87. The predicted octanol–water partition coefficient (Wildman–Crippen LogP) is 3.47. The van der Waals surface area contributed by atoms with Gasteiger partial charge in [0.05, 0.1) is 7.11 Å². The SMILES string of the molecule is CCCCCNC(=O)c1ccc(OC)c(S(=O)(=O)NC2CCCCC2C)c1. The van der Waals surface area contributed by atoms with Crippen LogP contribution in [-0.4, -0.2) is 34.0 Å². The van der Waals surface area contributed by atoms with Crippen LogP contribution in [0.1, 0.15) is 69.2 Å². The minimum atomic E-state index is -3.78. The molecule has 1 saturated carbocycles. The summed E-state index contributed by atoms with van der Waals surface area (Å²) in [5.41, 5.74) is 0.323. The largest absolute Gasteiger partial charge is 0.495 e. The Kier molecular flexibility index (Phi) is 8.10. The van der Waals surface area contributed by atoms with E-state index in [-0.39, 0.29) is 22.6 Å². The highest BCUT2D eigenvalue weighted by molar-refractivity contribution is 7.89. The standard InChI is InChI=1S/C20H32N2O4S/c1-4-5-8-13-21-20(23)16-11-12-18(26-3)19(14-16)27(24,25)22-17-10-7-6-9-15(17)2/h11-12,14-15,17,22H,4-10,13H2,1-3H3,(H,21,23). The second-order valence-corrected chi connectivity index (χ2v) is 9.00. The van der Waals surface area contributed by atoms with E-state index in [1.807, 2.05) is 0 Å². The number of benzene rings is 1. The van der Waals surface area contributed by atoms with Gasteiger partial charge in [0.25, 0.3) is 5.91 Å². The van der Waals surface area contributed by atoms with E-state index in [0.29, 0.717) is 18.0 Å². The molecule has 2 unspecified atom stereocenters. The number of carbonyl (C=O) groups is 1. The van der Waals surface area contributed by atoms with Crippen LogP contribution < -0.4 is 14.8 Å². The number of sulfonamides is 1. The minimum Gasteiger partial charge on any atom is -0.495 e. The lowest BCUT2D eigenvalue weighted by atomic mass is 9.87. The van der Waals surface area contributed by atoms with Crippen LogP contribution in [0.4, 0.5) is 0 Å². The van der Waals surface area contributed by atoms with Crippen molar-refractivity contribution in [2.45, 2.75) is 69.7 Å². The third-order valence-corrected chi connectivity index (χ3v) is 6.71. The molecule has 6 nitrogen and oxygen atoms in total. The lowest BCUT2D eigenvalue weighted by Crippen LogP contribution is -2.41. The topological polar surface area (TPSA) is 84.5 Å². The third kappa shape index (κ3) is 5.94. The van der Waals surface area contributed by atoms with Crippen LogP contribution in [0.2, 0.25) is 0 Å². The van der Waals surface area contributed by atoms with Crippen molar-refractivity contribution in [2.75, 3.05) is 13.7 Å². The van der Waals surface area contributed by atoms with E-state index < -0.39 is 10.0 Å². The van der Waals surface area contributed by atoms with Crippen molar-refractivity contribution in [1.82, 2.24) is 10.0 Å². The molecule has 0 spiro atoms. The number of methoxy groups -OCH3 is 1. The molecular formula is C20H32N2O4S. The summed E-state index contributed by atoms with van der Waals surface area (Å²) in [6.07, 6.45) is 7.04. The summed E-state index contributed by atoms with van der Waals surface area (Å²) < 4.78 is 34.0. The molecule has 0 bridgehead atoms. The molecule has 7 heteroatoms. The number of hydrogen-bond acceptors (Lipinski definition) is 4. The van der Waals surface area contributed by atoms with Crippen molar-refractivity contribution in [3.8, 4) is 5.75 Å². The average Bonchev–Trinajstić information content (AvgIpc) is 2.66. The smallest absolute Gasteiger partial charge is 0.251 e. The zero-order valence-electron chi connectivity index (χ0n) is 16.6. The molecule has 152 valence electrons. The maximum atomic E-state index is 13.0. The second kappa shape index (κ2) is 10.1. The summed E-state index contributed by atoms with van der Waals surface area (Å²) in [7, 11) is -2.34. The summed E-state index contributed by atoms with van der Waals surface area (Å²) in [4.78, 5) is 12.4. The quantitative estimate of drug-likeness (QED) is 0.626. The molecule has 0 aliphatic heterocycles. The molecular weight excluding hydrogens is 364 g/mol. The van der Waals surface area contributed by atoms with Gasteiger partial charge in [0.15, 0.2) is 0 Å². The van der Waals surface area contributed by atoms with Crippen molar-refractivity contribution >= 4 is 15.9 Å². The summed E-state index contributed by atoms with van der Waals surface area (Å²) in [6.45, 7) is 4.75. The lowest BCUT2D eigenvalue weighted by Gasteiger charge is -2.29. The predicted molar refractivity (Wildman–Crippen MR) is 107 cm³/mol. The molecule has 27 heavy (non-hydrogen) atoms. The molecule has 2 atom stereocenters. The van der Waals surface area contributed by atoms with Gasteiger partial charge in [0.2, 0.25) is 10.0 Å². The summed E-state index contributed by atoms with van der Waals surface area (Å²) >= 11 is 0. The van der Waals surface area contributed by atoms with Gasteiger partial charge < -0.3 is 10.1 Å². The first-order chi connectivity index (χ1) is 12.9. The average molecular weight is 397 g/mol. The Hall–Kier alpha value is -1.60.